The minimum atomic E-state index is -4.55. The average Bonchev–Trinajstić information content (AvgIpc) is 3.16. The molecule has 3 rings (SSSR count). The van der Waals surface area contributed by atoms with Gasteiger partial charge >= 0.3 is 12.5 Å². The number of nitrogens with zero attached hydrogens (tertiary/aromatic N) is 3. The highest BCUT2D eigenvalue weighted by Crippen LogP contribution is 2.29. The summed E-state index contributed by atoms with van der Waals surface area (Å²) in [4.78, 5) is 12.3. The lowest BCUT2D eigenvalue weighted by Crippen LogP contribution is -2.46. The summed E-state index contributed by atoms with van der Waals surface area (Å²) in [6.45, 7) is 2.59. The van der Waals surface area contributed by atoms with E-state index in [1.807, 2.05) is 6.92 Å². The number of carbonyl (C=O) groups is 1. The van der Waals surface area contributed by atoms with Gasteiger partial charge in [-0.1, -0.05) is 24.3 Å². The first-order valence-corrected chi connectivity index (χ1v) is 8.59. The van der Waals surface area contributed by atoms with Gasteiger partial charge in [0, 0.05) is 10.7 Å². The zero-order chi connectivity index (χ0) is 21.0. The number of alkyl halides is 4. The quantitative estimate of drug-likeness (QED) is 0.480. The molecular weight excluding hydrogens is 392 g/mol. The van der Waals surface area contributed by atoms with E-state index in [0.717, 1.165) is 0 Å². The number of halogens is 4. The van der Waals surface area contributed by atoms with Crippen LogP contribution in [0.25, 0.3) is 11.1 Å². The van der Waals surface area contributed by atoms with Crippen LogP contribution in [0.5, 0.6) is 5.75 Å². The molecule has 1 amide bonds. The first kappa shape index (κ1) is 20.3. The molecule has 0 atom stereocenters. The summed E-state index contributed by atoms with van der Waals surface area (Å²) >= 11 is 0. The second-order valence-electron chi connectivity index (χ2n) is 6.02. The highest BCUT2D eigenvalue weighted by molar-refractivity contribution is 5.99. The molecule has 2 aromatic carbocycles. The fraction of sp³-hybridized carbons (Fsp3) is 0.211. The molecule has 0 bridgehead atoms. The van der Waals surface area contributed by atoms with Crippen LogP contribution in [0.2, 0.25) is 0 Å². The monoisotopic (exact) mass is 409 g/mol. The van der Waals surface area contributed by atoms with Gasteiger partial charge in [0.15, 0.2) is 0 Å². The summed E-state index contributed by atoms with van der Waals surface area (Å²) in [6.07, 6.45) is -5.37. The molecule has 0 fully saturated rings. The second kappa shape index (κ2) is 8.29. The Labute approximate surface area is 163 Å². The standard InChI is InChI=1S/C19H16F4N4O2/c1-2-26-12-27(11-24-26)25-17(28)15-5-3-13(4-6-15)14-7-9-16(10-8-14)29-19(22,23)18(20)21/h3-12,18H,2H2,1H3/p+1. The van der Waals surface area contributed by atoms with E-state index < -0.39 is 12.5 Å². The van der Waals surface area contributed by atoms with Crippen molar-refractivity contribution >= 4 is 5.91 Å². The normalized spacial score (nSPS) is 11.5. The highest BCUT2D eigenvalue weighted by Gasteiger charge is 2.43. The number of benzene rings is 2. The van der Waals surface area contributed by atoms with Crippen LogP contribution in [0, 0.1) is 0 Å². The van der Waals surface area contributed by atoms with Crippen molar-refractivity contribution in [2.24, 2.45) is 0 Å². The van der Waals surface area contributed by atoms with Gasteiger partial charge in [-0.25, -0.2) is 5.43 Å². The molecule has 1 heterocycles. The SMILES string of the molecule is CCn1c[n+](NC(=O)c2ccc(-c3ccc(OC(F)(F)C(F)F)cc3)cc2)cn1. The van der Waals surface area contributed by atoms with Gasteiger partial charge in [-0.15, -0.1) is 9.36 Å². The maximum Gasteiger partial charge on any atom is 0.461 e. The van der Waals surface area contributed by atoms with Crippen molar-refractivity contribution in [2.75, 3.05) is 5.43 Å². The number of aryl methyl sites for hydroxylation is 1. The predicted molar refractivity (Wildman–Crippen MR) is 95.2 cm³/mol. The first-order valence-electron chi connectivity index (χ1n) is 8.59. The van der Waals surface area contributed by atoms with Gasteiger partial charge in [-0.2, -0.15) is 17.6 Å². The van der Waals surface area contributed by atoms with Crippen LogP contribution in [0.4, 0.5) is 17.6 Å². The summed E-state index contributed by atoms with van der Waals surface area (Å²) in [5.41, 5.74) is 4.41. The number of hydrogen-bond acceptors (Lipinski definition) is 3. The Bertz CT molecular complexity index is 973. The van der Waals surface area contributed by atoms with E-state index in [1.54, 1.807) is 35.3 Å². The Balaban J connectivity index is 1.67. The number of hydrogen-bond donors (Lipinski definition) is 1. The summed E-state index contributed by atoms with van der Waals surface area (Å²) < 4.78 is 57.4. The van der Waals surface area contributed by atoms with Crippen LogP contribution < -0.4 is 14.8 Å². The van der Waals surface area contributed by atoms with Crippen molar-refractivity contribution in [1.29, 1.82) is 0 Å². The lowest BCUT2D eigenvalue weighted by molar-refractivity contribution is -0.642. The van der Waals surface area contributed by atoms with Crippen LogP contribution in [-0.4, -0.2) is 28.2 Å². The summed E-state index contributed by atoms with van der Waals surface area (Å²) in [5.74, 6) is -0.713. The minimum absolute atomic E-state index is 0.338. The Hall–Kier alpha value is -3.43. The van der Waals surface area contributed by atoms with Gasteiger partial charge in [-0.05, 0) is 42.3 Å². The molecule has 0 aliphatic rings. The molecule has 0 saturated carbocycles. The molecule has 10 heteroatoms. The van der Waals surface area contributed by atoms with Crippen LogP contribution in [0.3, 0.4) is 0 Å². The van der Waals surface area contributed by atoms with E-state index in [1.165, 1.54) is 35.3 Å². The third kappa shape index (κ3) is 4.89. The molecule has 0 aliphatic carbocycles. The minimum Gasteiger partial charge on any atom is -0.428 e. The predicted octanol–water partition coefficient (Wildman–Crippen LogP) is 3.48. The number of ether oxygens (including phenoxy) is 1. The molecule has 29 heavy (non-hydrogen) atoms. The molecule has 6 nitrogen and oxygen atoms in total. The maximum atomic E-state index is 12.9. The molecule has 3 aromatic rings. The number of rotatable bonds is 7. The summed E-state index contributed by atoms with van der Waals surface area (Å²) in [6, 6.07) is 11.8. The number of amides is 1. The maximum absolute atomic E-state index is 12.9. The van der Waals surface area contributed by atoms with Crippen LogP contribution in [0.1, 0.15) is 17.3 Å². The molecule has 0 radical (unpaired) electrons. The van der Waals surface area contributed by atoms with Crippen molar-refractivity contribution in [3.05, 3.63) is 66.7 Å². The highest BCUT2D eigenvalue weighted by atomic mass is 19.3. The number of aromatic nitrogens is 3. The Morgan fingerprint density at radius 3 is 2.24 bits per heavy atom. The molecular formula is C19H17F4N4O2+. The van der Waals surface area contributed by atoms with Crippen molar-refractivity contribution in [3.63, 3.8) is 0 Å². The molecule has 0 saturated heterocycles. The topological polar surface area (TPSA) is 60.0 Å². The molecule has 1 N–H and O–H groups in total. The average molecular weight is 409 g/mol. The van der Waals surface area contributed by atoms with E-state index in [9.17, 15) is 22.4 Å². The molecule has 0 spiro atoms. The van der Waals surface area contributed by atoms with Gasteiger partial charge < -0.3 is 4.74 Å². The van der Waals surface area contributed by atoms with E-state index in [0.29, 0.717) is 23.2 Å². The van der Waals surface area contributed by atoms with Gasteiger partial charge in [-0.3, -0.25) is 4.79 Å². The zero-order valence-corrected chi connectivity index (χ0v) is 15.2. The summed E-state index contributed by atoms with van der Waals surface area (Å²) in [5, 5.41) is 4.04. The third-order valence-corrected chi connectivity index (χ3v) is 3.98. The van der Waals surface area contributed by atoms with E-state index >= 15 is 0 Å². The second-order valence-corrected chi connectivity index (χ2v) is 6.02. The van der Waals surface area contributed by atoms with E-state index in [2.05, 4.69) is 15.3 Å². The largest absolute Gasteiger partial charge is 0.461 e. The lowest BCUT2D eigenvalue weighted by Gasteiger charge is -2.16. The van der Waals surface area contributed by atoms with Crippen LogP contribution >= 0.6 is 0 Å². The van der Waals surface area contributed by atoms with Gasteiger partial charge in [0.05, 0.1) is 0 Å². The zero-order valence-electron chi connectivity index (χ0n) is 15.2. The third-order valence-electron chi connectivity index (χ3n) is 3.98. The Morgan fingerprint density at radius 1 is 1.14 bits per heavy atom. The van der Waals surface area contributed by atoms with Crippen molar-refractivity contribution in [3.8, 4) is 16.9 Å². The molecule has 0 aliphatic heterocycles. The Kier molecular flexibility index (Phi) is 5.81. The van der Waals surface area contributed by atoms with Crippen LogP contribution in [-0.2, 0) is 6.54 Å². The fourth-order valence-corrected chi connectivity index (χ4v) is 2.46. The Morgan fingerprint density at radius 2 is 1.72 bits per heavy atom. The van der Waals surface area contributed by atoms with Crippen molar-refractivity contribution in [2.45, 2.75) is 26.0 Å². The molecule has 0 unspecified atom stereocenters. The smallest absolute Gasteiger partial charge is 0.428 e. The lowest BCUT2D eigenvalue weighted by atomic mass is 10.0. The van der Waals surface area contributed by atoms with Crippen LogP contribution in [0.15, 0.2) is 61.2 Å². The van der Waals surface area contributed by atoms with Crippen molar-refractivity contribution < 1.29 is 31.8 Å². The summed E-state index contributed by atoms with van der Waals surface area (Å²) in [7, 11) is 0. The first-order chi connectivity index (χ1) is 13.8. The molecule has 1 aromatic heterocycles. The van der Waals surface area contributed by atoms with Gasteiger partial charge in [0.25, 0.3) is 12.2 Å². The molecule has 152 valence electrons. The number of nitrogens with one attached hydrogen (secondary N) is 1. The van der Waals surface area contributed by atoms with Gasteiger partial charge in [0.1, 0.15) is 12.3 Å². The fourth-order valence-electron chi connectivity index (χ4n) is 2.46. The van der Waals surface area contributed by atoms with Crippen molar-refractivity contribution in [1.82, 2.24) is 9.78 Å². The van der Waals surface area contributed by atoms with E-state index in [4.69, 9.17) is 0 Å². The van der Waals surface area contributed by atoms with E-state index in [-0.39, 0.29) is 11.7 Å². The van der Waals surface area contributed by atoms with Gasteiger partial charge in [0.2, 0.25) is 6.33 Å². The number of carbonyl (C=O) groups excluding carboxylic acids is 1.